The van der Waals surface area contributed by atoms with Crippen LogP contribution in [0.3, 0.4) is 0 Å². The van der Waals surface area contributed by atoms with E-state index in [0.29, 0.717) is 31.1 Å². The molecule has 0 aliphatic heterocycles. The Morgan fingerprint density at radius 2 is 2.18 bits per heavy atom. The van der Waals surface area contributed by atoms with E-state index in [1.807, 2.05) is 6.92 Å². The Morgan fingerprint density at radius 3 is 2.71 bits per heavy atom. The molecule has 1 unspecified atom stereocenters. The number of rotatable bonds is 10. The summed E-state index contributed by atoms with van der Waals surface area (Å²) in [5.41, 5.74) is 4.98. The van der Waals surface area contributed by atoms with Gasteiger partial charge < -0.3 is 16.2 Å². The van der Waals surface area contributed by atoms with E-state index in [1.165, 1.54) is 11.8 Å². The highest BCUT2D eigenvalue weighted by molar-refractivity contribution is 7.99. The van der Waals surface area contributed by atoms with E-state index < -0.39 is 0 Å². The van der Waals surface area contributed by atoms with Crippen LogP contribution in [0.5, 0.6) is 0 Å². The zero-order valence-electron chi connectivity index (χ0n) is 10.3. The van der Waals surface area contributed by atoms with Crippen LogP contribution in [0.1, 0.15) is 26.2 Å². The molecule has 100 valence electrons. The molecule has 0 aromatic heterocycles. The van der Waals surface area contributed by atoms with Gasteiger partial charge in [-0.2, -0.15) is 11.8 Å². The Balaban J connectivity index is 3.54. The molecular weight excluding hydrogens is 240 g/mol. The molecule has 0 saturated heterocycles. The number of aliphatic hydroxyl groups is 1. The summed E-state index contributed by atoms with van der Waals surface area (Å²) >= 11 is 1.36. The quantitative estimate of drug-likeness (QED) is 0.488. The molecule has 4 N–H and O–H groups in total. The number of aliphatic hydroxyl groups excluding tert-OH is 1. The second-order valence-corrected chi connectivity index (χ2v) is 4.96. The van der Waals surface area contributed by atoms with E-state index in [-0.39, 0.29) is 24.2 Å². The molecule has 0 bridgehead atoms. The average Bonchev–Trinajstić information content (AvgIpc) is 2.29. The van der Waals surface area contributed by atoms with Crippen molar-refractivity contribution < 1.29 is 14.7 Å². The molecule has 0 aromatic rings. The third-order valence-corrected chi connectivity index (χ3v) is 3.40. The zero-order valence-corrected chi connectivity index (χ0v) is 11.1. The normalized spacial score (nSPS) is 12.1. The van der Waals surface area contributed by atoms with Crippen molar-refractivity contribution >= 4 is 23.6 Å². The molecular formula is C11H22N2O3S. The molecule has 5 nitrogen and oxygen atoms in total. The van der Waals surface area contributed by atoms with Crippen molar-refractivity contribution in [3.05, 3.63) is 0 Å². The maximum atomic E-state index is 11.4. The Hall–Kier alpha value is -0.750. The monoisotopic (exact) mass is 262 g/mol. The molecule has 0 aromatic carbocycles. The highest BCUT2D eigenvalue weighted by Crippen LogP contribution is 2.06. The number of carbonyl (C=O) groups is 2. The van der Waals surface area contributed by atoms with Crippen LogP contribution in [-0.2, 0) is 9.59 Å². The first-order valence-electron chi connectivity index (χ1n) is 5.83. The molecule has 0 radical (unpaired) electrons. The van der Waals surface area contributed by atoms with Crippen molar-refractivity contribution in [1.29, 1.82) is 0 Å². The summed E-state index contributed by atoms with van der Waals surface area (Å²) in [7, 11) is 0. The standard InChI is InChI=1S/C11H22N2O3S/c1-2-9(3-5-14)7-13-11(16)4-6-17-8-10(12)15/h9,14H,2-8H2,1H3,(H2,12,15)(H,13,16). The van der Waals surface area contributed by atoms with Crippen LogP contribution < -0.4 is 11.1 Å². The van der Waals surface area contributed by atoms with Gasteiger partial charge in [-0.05, 0) is 12.3 Å². The van der Waals surface area contributed by atoms with Gasteiger partial charge in [0.05, 0.1) is 5.75 Å². The lowest BCUT2D eigenvalue weighted by atomic mass is 10.0. The summed E-state index contributed by atoms with van der Waals surface area (Å²) < 4.78 is 0. The van der Waals surface area contributed by atoms with Crippen molar-refractivity contribution in [3.8, 4) is 0 Å². The van der Waals surface area contributed by atoms with Crippen molar-refractivity contribution in [2.45, 2.75) is 26.2 Å². The minimum Gasteiger partial charge on any atom is -0.396 e. The Labute approximate surface area is 107 Å². The van der Waals surface area contributed by atoms with Crippen LogP contribution in [-0.4, -0.2) is 41.6 Å². The predicted octanol–water partition coefficient (Wildman–Crippen LogP) is 0.120. The average molecular weight is 262 g/mol. The van der Waals surface area contributed by atoms with Gasteiger partial charge in [0.25, 0.3) is 0 Å². The van der Waals surface area contributed by atoms with Crippen molar-refractivity contribution in [2.75, 3.05) is 24.7 Å². The first-order valence-corrected chi connectivity index (χ1v) is 6.99. The SMILES string of the molecule is CCC(CCO)CNC(=O)CCSCC(N)=O. The molecule has 2 amide bonds. The third kappa shape index (κ3) is 10.1. The first kappa shape index (κ1) is 16.2. The van der Waals surface area contributed by atoms with Crippen molar-refractivity contribution in [3.63, 3.8) is 0 Å². The summed E-state index contributed by atoms with van der Waals surface area (Å²) in [4.78, 5) is 21.9. The van der Waals surface area contributed by atoms with E-state index in [4.69, 9.17) is 10.8 Å². The predicted molar refractivity (Wildman–Crippen MR) is 69.6 cm³/mol. The number of amides is 2. The molecule has 0 aliphatic carbocycles. The van der Waals surface area contributed by atoms with Crippen LogP contribution in [0, 0.1) is 5.92 Å². The number of thioether (sulfide) groups is 1. The smallest absolute Gasteiger partial charge is 0.227 e. The summed E-state index contributed by atoms with van der Waals surface area (Å²) in [6, 6.07) is 0. The largest absolute Gasteiger partial charge is 0.396 e. The van der Waals surface area contributed by atoms with Gasteiger partial charge in [0.15, 0.2) is 0 Å². The number of hydrogen-bond donors (Lipinski definition) is 3. The van der Waals surface area contributed by atoms with Gasteiger partial charge in [0, 0.05) is 25.3 Å². The molecule has 17 heavy (non-hydrogen) atoms. The summed E-state index contributed by atoms with van der Waals surface area (Å²) in [5, 5.41) is 11.6. The van der Waals surface area contributed by atoms with Gasteiger partial charge in [0.2, 0.25) is 11.8 Å². The number of primary amides is 1. The highest BCUT2D eigenvalue weighted by Gasteiger charge is 2.08. The summed E-state index contributed by atoms with van der Waals surface area (Å²) in [6.45, 7) is 2.80. The van der Waals surface area contributed by atoms with E-state index in [9.17, 15) is 9.59 Å². The van der Waals surface area contributed by atoms with Crippen molar-refractivity contribution in [1.82, 2.24) is 5.32 Å². The lowest BCUT2D eigenvalue weighted by Crippen LogP contribution is -2.29. The van der Waals surface area contributed by atoms with Gasteiger partial charge in [-0.15, -0.1) is 0 Å². The number of hydrogen-bond acceptors (Lipinski definition) is 4. The number of nitrogens with one attached hydrogen (secondary N) is 1. The van der Waals surface area contributed by atoms with Crippen LogP contribution in [0.15, 0.2) is 0 Å². The molecule has 6 heteroatoms. The molecule has 0 saturated carbocycles. The fourth-order valence-corrected chi connectivity index (χ4v) is 1.99. The fraction of sp³-hybridized carbons (Fsp3) is 0.818. The lowest BCUT2D eigenvalue weighted by Gasteiger charge is -2.14. The summed E-state index contributed by atoms with van der Waals surface area (Å²) in [6.07, 6.45) is 2.05. The van der Waals surface area contributed by atoms with E-state index in [0.717, 1.165) is 6.42 Å². The summed E-state index contributed by atoms with van der Waals surface area (Å²) in [5.74, 6) is 0.825. The molecule has 0 rings (SSSR count). The van der Waals surface area contributed by atoms with Gasteiger partial charge >= 0.3 is 0 Å². The fourth-order valence-electron chi connectivity index (χ4n) is 1.32. The van der Waals surface area contributed by atoms with Crippen LogP contribution >= 0.6 is 11.8 Å². The molecule has 0 spiro atoms. The topological polar surface area (TPSA) is 92.4 Å². The Bertz CT molecular complexity index is 237. The van der Waals surface area contributed by atoms with E-state index in [2.05, 4.69) is 5.32 Å². The Morgan fingerprint density at radius 1 is 1.47 bits per heavy atom. The van der Waals surface area contributed by atoms with Crippen LogP contribution in [0.4, 0.5) is 0 Å². The molecule has 0 aliphatic rings. The van der Waals surface area contributed by atoms with Crippen LogP contribution in [0.2, 0.25) is 0 Å². The van der Waals surface area contributed by atoms with Crippen LogP contribution in [0.25, 0.3) is 0 Å². The Kier molecular flexibility index (Phi) is 9.95. The second-order valence-electron chi connectivity index (χ2n) is 3.86. The maximum absolute atomic E-state index is 11.4. The van der Waals surface area contributed by atoms with Gasteiger partial charge in [-0.1, -0.05) is 13.3 Å². The molecule has 0 heterocycles. The number of carbonyl (C=O) groups excluding carboxylic acids is 2. The van der Waals surface area contributed by atoms with Gasteiger partial charge in [-0.3, -0.25) is 9.59 Å². The maximum Gasteiger partial charge on any atom is 0.227 e. The minimum absolute atomic E-state index is 0.0154. The molecule has 1 atom stereocenters. The second kappa shape index (κ2) is 10.4. The van der Waals surface area contributed by atoms with E-state index >= 15 is 0 Å². The lowest BCUT2D eigenvalue weighted by molar-refractivity contribution is -0.121. The highest BCUT2D eigenvalue weighted by atomic mass is 32.2. The third-order valence-electron chi connectivity index (χ3n) is 2.42. The number of nitrogens with two attached hydrogens (primary N) is 1. The molecule has 0 fully saturated rings. The minimum atomic E-state index is -0.357. The van der Waals surface area contributed by atoms with E-state index in [1.54, 1.807) is 0 Å². The van der Waals surface area contributed by atoms with Gasteiger partial charge in [0.1, 0.15) is 0 Å². The van der Waals surface area contributed by atoms with Crippen molar-refractivity contribution in [2.24, 2.45) is 11.7 Å². The van der Waals surface area contributed by atoms with Gasteiger partial charge in [-0.25, -0.2) is 0 Å². The zero-order chi connectivity index (χ0) is 13.1. The first-order chi connectivity index (χ1) is 8.10.